The summed E-state index contributed by atoms with van der Waals surface area (Å²) >= 11 is 0. The van der Waals surface area contributed by atoms with E-state index in [0.29, 0.717) is 12.8 Å². The van der Waals surface area contributed by atoms with Gasteiger partial charge >= 0.3 is 0 Å². The summed E-state index contributed by atoms with van der Waals surface area (Å²) in [7, 11) is 1.38. The van der Waals surface area contributed by atoms with Gasteiger partial charge in [0, 0.05) is 13.1 Å². The van der Waals surface area contributed by atoms with Gasteiger partial charge in [-0.05, 0) is 25.0 Å². The van der Waals surface area contributed by atoms with Crippen LogP contribution in [0.5, 0.6) is 0 Å². The molecule has 1 fully saturated rings. The molecule has 92 valence electrons. The molecule has 0 heterocycles. The van der Waals surface area contributed by atoms with Gasteiger partial charge in [0.15, 0.2) is 0 Å². The van der Waals surface area contributed by atoms with E-state index < -0.39 is 17.0 Å². The third-order valence-corrected chi connectivity index (χ3v) is 3.18. The Morgan fingerprint density at radius 3 is 2.65 bits per heavy atom. The molecule has 17 heavy (non-hydrogen) atoms. The normalized spacial score (nSPS) is 16.7. The molecule has 1 aliphatic carbocycles. The maximum Gasteiger partial charge on any atom is 0.235 e. The number of halogens is 2. The monoisotopic (exact) mass is 241 g/mol. The van der Waals surface area contributed by atoms with Crippen LogP contribution < -0.4 is 4.90 Å². The van der Waals surface area contributed by atoms with Gasteiger partial charge in [0.05, 0.1) is 17.7 Å². The second-order valence-corrected chi connectivity index (χ2v) is 4.40. The van der Waals surface area contributed by atoms with Gasteiger partial charge in [0.2, 0.25) is 5.91 Å². The Bertz CT molecular complexity index is 458. The molecule has 1 saturated carbocycles. The van der Waals surface area contributed by atoms with Gasteiger partial charge in [-0.25, -0.2) is 8.78 Å². The first-order chi connectivity index (χ1) is 8.00. The third-order valence-electron chi connectivity index (χ3n) is 3.18. The van der Waals surface area contributed by atoms with E-state index in [-0.39, 0.29) is 18.2 Å². The van der Waals surface area contributed by atoms with Crippen molar-refractivity contribution in [1.29, 1.82) is 0 Å². The maximum atomic E-state index is 13.5. The molecule has 0 radical (unpaired) electrons. The molecule has 1 aliphatic rings. The number of hydrogen-bond donors (Lipinski definition) is 1. The predicted octanol–water partition coefficient (Wildman–Crippen LogP) is 1.70. The summed E-state index contributed by atoms with van der Waals surface area (Å²) in [6, 6.07) is 2.95. The fourth-order valence-electron chi connectivity index (χ4n) is 1.80. The number of amides is 1. The zero-order valence-electron chi connectivity index (χ0n) is 9.41. The van der Waals surface area contributed by atoms with Crippen LogP contribution in [0.3, 0.4) is 0 Å². The van der Waals surface area contributed by atoms with Gasteiger partial charge in [-0.3, -0.25) is 4.79 Å². The van der Waals surface area contributed by atoms with Crippen molar-refractivity contribution >= 4 is 11.6 Å². The summed E-state index contributed by atoms with van der Waals surface area (Å²) in [5.74, 6) is -1.63. The summed E-state index contributed by atoms with van der Waals surface area (Å²) in [6.45, 7) is -0.257. The van der Waals surface area contributed by atoms with Crippen molar-refractivity contribution in [1.82, 2.24) is 0 Å². The van der Waals surface area contributed by atoms with Crippen LogP contribution in [0.2, 0.25) is 0 Å². The summed E-state index contributed by atoms with van der Waals surface area (Å²) in [6.07, 6.45) is 1.17. The van der Waals surface area contributed by atoms with E-state index in [2.05, 4.69) is 0 Å². The Balaban J connectivity index is 2.28. The number of aliphatic hydroxyl groups excluding tert-OH is 1. The third kappa shape index (κ3) is 2.02. The topological polar surface area (TPSA) is 40.5 Å². The second-order valence-electron chi connectivity index (χ2n) is 4.40. The lowest BCUT2D eigenvalue weighted by atomic mass is 10.1. The van der Waals surface area contributed by atoms with E-state index >= 15 is 0 Å². The molecule has 5 heteroatoms. The lowest BCUT2D eigenvalue weighted by Gasteiger charge is -2.22. The van der Waals surface area contributed by atoms with Gasteiger partial charge in [0.1, 0.15) is 11.6 Å². The summed E-state index contributed by atoms with van der Waals surface area (Å²) in [5.41, 5.74) is -0.886. The highest BCUT2D eigenvalue weighted by molar-refractivity contribution is 5.99. The van der Waals surface area contributed by atoms with E-state index in [9.17, 15) is 13.6 Å². The second kappa shape index (κ2) is 4.07. The van der Waals surface area contributed by atoms with E-state index in [1.807, 2.05) is 0 Å². The first kappa shape index (κ1) is 12.0. The van der Waals surface area contributed by atoms with Crippen molar-refractivity contribution in [3.05, 3.63) is 29.8 Å². The molecular weight excluding hydrogens is 228 g/mol. The van der Waals surface area contributed by atoms with Gasteiger partial charge in [-0.2, -0.15) is 0 Å². The van der Waals surface area contributed by atoms with E-state index in [1.54, 1.807) is 0 Å². The highest BCUT2D eigenvalue weighted by Crippen LogP contribution is 2.47. The number of carbonyl (C=O) groups excluding carboxylic acids is 1. The number of benzene rings is 1. The van der Waals surface area contributed by atoms with E-state index in [4.69, 9.17) is 5.11 Å². The van der Waals surface area contributed by atoms with Crippen molar-refractivity contribution in [2.45, 2.75) is 12.8 Å². The van der Waals surface area contributed by atoms with Crippen molar-refractivity contribution in [3.8, 4) is 0 Å². The van der Waals surface area contributed by atoms with Crippen molar-refractivity contribution in [3.63, 3.8) is 0 Å². The number of hydrogen-bond acceptors (Lipinski definition) is 2. The van der Waals surface area contributed by atoms with Gasteiger partial charge < -0.3 is 10.0 Å². The Labute approximate surface area is 97.7 Å². The Hall–Kier alpha value is -1.49. The van der Waals surface area contributed by atoms with Crippen LogP contribution in [0.15, 0.2) is 18.2 Å². The summed E-state index contributed by atoms with van der Waals surface area (Å²) < 4.78 is 26.5. The van der Waals surface area contributed by atoms with Gasteiger partial charge in [-0.1, -0.05) is 0 Å². The molecule has 1 aromatic rings. The van der Waals surface area contributed by atoms with E-state index in [0.717, 1.165) is 23.1 Å². The molecule has 3 nitrogen and oxygen atoms in total. The molecule has 0 bridgehead atoms. The molecule has 0 aromatic heterocycles. The fraction of sp³-hybridized carbons (Fsp3) is 0.417. The smallest absolute Gasteiger partial charge is 0.235 e. The number of anilines is 1. The fourth-order valence-corrected chi connectivity index (χ4v) is 1.80. The van der Waals surface area contributed by atoms with Crippen LogP contribution in [-0.2, 0) is 4.79 Å². The number of carbonyl (C=O) groups is 1. The maximum absolute atomic E-state index is 13.5. The van der Waals surface area contributed by atoms with Gasteiger partial charge in [0.25, 0.3) is 0 Å². The average Bonchev–Trinajstić information content (AvgIpc) is 3.11. The first-order valence-corrected chi connectivity index (χ1v) is 5.34. The SMILES string of the molecule is CN(C(=O)C1(CO)CC1)c1cc(F)ccc1F. The van der Waals surface area contributed by atoms with Crippen LogP contribution in [0.25, 0.3) is 0 Å². The van der Waals surface area contributed by atoms with Crippen LogP contribution >= 0.6 is 0 Å². The van der Waals surface area contributed by atoms with Crippen molar-refractivity contribution < 1.29 is 18.7 Å². The minimum atomic E-state index is -0.784. The first-order valence-electron chi connectivity index (χ1n) is 5.34. The molecule has 2 rings (SSSR count). The molecule has 1 amide bonds. The number of aliphatic hydroxyl groups is 1. The minimum Gasteiger partial charge on any atom is -0.395 e. The molecule has 0 saturated heterocycles. The number of rotatable bonds is 3. The predicted molar refractivity (Wildman–Crippen MR) is 58.5 cm³/mol. The zero-order valence-corrected chi connectivity index (χ0v) is 9.41. The lowest BCUT2D eigenvalue weighted by Crippen LogP contribution is -2.36. The molecule has 0 atom stereocenters. The quantitative estimate of drug-likeness (QED) is 0.875. The minimum absolute atomic E-state index is 0.102. The van der Waals surface area contributed by atoms with Crippen LogP contribution in [0.1, 0.15) is 12.8 Å². The molecule has 0 unspecified atom stereocenters. The van der Waals surface area contributed by atoms with Gasteiger partial charge in [-0.15, -0.1) is 0 Å². The highest BCUT2D eigenvalue weighted by atomic mass is 19.1. The molecular formula is C12H13F2NO2. The largest absolute Gasteiger partial charge is 0.395 e. The average molecular weight is 241 g/mol. The molecule has 0 aliphatic heterocycles. The standard InChI is InChI=1S/C12H13F2NO2/c1-15(11(17)12(7-16)4-5-12)10-6-8(13)2-3-9(10)14/h2-3,6,16H,4-5,7H2,1H3. The Morgan fingerprint density at radius 1 is 1.47 bits per heavy atom. The van der Waals surface area contributed by atoms with E-state index in [1.165, 1.54) is 7.05 Å². The highest BCUT2D eigenvalue weighted by Gasteiger charge is 2.51. The molecule has 1 N–H and O–H groups in total. The number of nitrogens with zero attached hydrogens (tertiary/aromatic N) is 1. The Morgan fingerprint density at radius 2 is 2.12 bits per heavy atom. The van der Waals surface area contributed by atoms with Crippen LogP contribution in [0, 0.1) is 17.0 Å². The van der Waals surface area contributed by atoms with Crippen molar-refractivity contribution in [2.75, 3.05) is 18.6 Å². The Kier molecular flexibility index (Phi) is 2.87. The summed E-state index contributed by atoms with van der Waals surface area (Å²) in [5, 5.41) is 9.13. The summed E-state index contributed by atoms with van der Waals surface area (Å²) in [4.78, 5) is 13.1. The van der Waals surface area contributed by atoms with Crippen LogP contribution in [-0.4, -0.2) is 24.7 Å². The molecule has 1 aromatic carbocycles. The lowest BCUT2D eigenvalue weighted by molar-refractivity contribution is -0.124. The zero-order chi connectivity index (χ0) is 12.6. The molecule has 0 spiro atoms. The van der Waals surface area contributed by atoms with Crippen LogP contribution in [0.4, 0.5) is 14.5 Å². The van der Waals surface area contributed by atoms with Crippen molar-refractivity contribution in [2.24, 2.45) is 5.41 Å².